The lowest BCUT2D eigenvalue weighted by Crippen LogP contribution is -2.31. The topological polar surface area (TPSA) is 92.7 Å². The number of rotatable bonds is 7. The number of hydrogen-bond donors (Lipinski definition) is 2. The molecule has 0 aromatic heterocycles. The molecule has 2 aromatic carbocycles. The maximum Gasteiger partial charge on any atom is 0.341 e. The third kappa shape index (κ3) is 5.00. The smallest absolute Gasteiger partial charge is 0.341 e. The van der Waals surface area contributed by atoms with E-state index < -0.39 is 40.1 Å². The summed E-state index contributed by atoms with van der Waals surface area (Å²) in [6, 6.07) is 5.13. The van der Waals surface area contributed by atoms with Crippen LogP contribution in [0.4, 0.5) is 4.39 Å². The van der Waals surface area contributed by atoms with Crippen molar-refractivity contribution in [2.75, 3.05) is 12.5 Å². The van der Waals surface area contributed by atoms with Crippen LogP contribution in [0, 0.1) is 5.82 Å². The maximum atomic E-state index is 14.5. The number of hydrogen-bond acceptors (Lipinski definition) is 5. The van der Waals surface area contributed by atoms with Crippen LogP contribution in [0.1, 0.15) is 30.0 Å². The molecule has 0 radical (unpaired) electrons. The molecule has 0 fully saturated rings. The van der Waals surface area contributed by atoms with Gasteiger partial charge in [0, 0.05) is 16.6 Å². The summed E-state index contributed by atoms with van der Waals surface area (Å²) in [5.41, 5.74) is 1.04. The Bertz CT molecular complexity index is 1090. The third-order valence-electron chi connectivity index (χ3n) is 4.70. The molecule has 0 spiro atoms. The van der Waals surface area contributed by atoms with Crippen molar-refractivity contribution in [1.29, 1.82) is 0 Å². The van der Waals surface area contributed by atoms with Crippen molar-refractivity contribution >= 4 is 50.6 Å². The van der Waals surface area contributed by atoms with Crippen LogP contribution in [0.5, 0.6) is 5.75 Å². The highest BCUT2D eigenvalue weighted by Crippen LogP contribution is 2.40. The van der Waals surface area contributed by atoms with Gasteiger partial charge in [-0.25, -0.2) is 17.6 Å². The van der Waals surface area contributed by atoms with Crippen molar-refractivity contribution in [1.82, 2.24) is 5.32 Å². The second kappa shape index (κ2) is 9.28. The minimum absolute atomic E-state index is 0.0553. The minimum atomic E-state index is -3.81. The van der Waals surface area contributed by atoms with Crippen molar-refractivity contribution in [3.63, 3.8) is 0 Å². The first kappa shape index (κ1) is 23.1. The first-order valence-corrected chi connectivity index (χ1v) is 11.7. The average Bonchev–Trinajstić information content (AvgIpc) is 2.68. The quantitative estimate of drug-likeness (QED) is 0.580. The van der Waals surface area contributed by atoms with Crippen LogP contribution in [-0.4, -0.2) is 32.0 Å². The van der Waals surface area contributed by atoms with Crippen LogP contribution in [0.2, 0.25) is 15.1 Å². The van der Waals surface area contributed by atoms with Crippen molar-refractivity contribution in [3.8, 4) is 5.75 Å². The van der Waals surface area contributed by atoms with Crippen LogP contribution >= 0.6 is 34.8 Å². The summed E-state index contributed by atoms with van der Waals surface area (Å²) in [6.45, 7) is -0.719. The average molecular weight is 497 g/mol. The van der Waals surface area contributed by atoms with Gasteiger partial charge in [0.2, 0.25) is 0 Å². The summed E-state index contributed by atoms with van der Waals surface area (Å²) in [5, 5.41) is 11.9. The van der Waals surface area contributed by atoms with Crippen LogP contribution in [0.25, 0.3) is 0 Å². The summed E-state index contributed by atoms with van der Waals surface area (Å²) in [6.07, 6.45) is 1.64. The van der Waals surface area contributed by atoms with E-state index in [0.717, 1.165) is 0 Å². The van der Waals surface area contributed by atoms with E-state index in [1.807, 2.05) is 0 Å². The summed E-state index contributed by atoms with van der Waals surface area (Å²) in [4.78, 5) is 10.7. The summed E-state index contributed by atoms with van der Waals surface area (Å²) >= 11 is 17.9. The van der Waals surface area contributed by atoms with E-state index in [-0.39, 0.29) is 25.7 Å². The predicted octanol–water partition coefficient (Wildman–Crippen LogP) is 4.65. The number of fused-ring (bicyclic) bond motifs is 1. The standard InChI is InChI=1S/C19H17Cl3FNO5S/c20-10-4-5-13(21)16(6-10)30(27,28)9-24-15-3-1-2-11-12(15)7-14(22)18(23)19(11)29-8-17(25)26/h4-7,15,24H,1-3,8-9H2,(H,25,26). The number of carboxylic acid groups (broad SMARTS) is 1. The van der Waals surface area contributed by atoms with Crippen LogP contribution in [0.3, 0.4) is 0 Å². The Balaban J connectivity index is 1.88. The Morgan fingerprint density at radius 2 is 1.97 bits per heavy atom. The van der Waals surface area contributed by atoms with Gasteiger partial charge in [-0.2, -0.15) is 0 Å². The molecule has 6 nitrogen and oxygen atoms in total. The Labute approximate surface area is 187 Å². The molecule has 2 aromatic rings. The predicted molar refractivity (Wildman–Crippen MR) is 112 cm³/mol. The Morgan fingerprint density at radius 3 is 2.67 bits per heavy atom. The van der Waals surface area contributed by atoms with Gasteiger partial charge in [0.1, 0.15) is 5.88 Å². The highest BCUT2D eigenvalue weighted by molar-refractivity contribution is 7.91. The van der Waals surface area contributed by atoms with E-state index in [9.17, 15) is 17.6 Å². The first-order chi connectivity index (χ1) is 14.1. The number of benzene rings is 2. The third-order valence-corrected chi connectivity index (χ3v) is 7.20. The summed E-state index contributed by atoms with van der Waals surface area (Å²) in [5.74, 6) is -2.74. The molecule has 0 saturated heterocycles. The number of carbonyl (C=O) groups is 1. The lowest BCUT2D eigenvalue weighted by Gasteiger charge is -2.28. The summed E-state index contributed by atoms with van der Waals surface area (Å²) in [7, 11) is -3.81. The molecular weight excluding hydrogens is 480 g/mol. The Hall–Kier alpha value is -1.58. The number of carboxylic acids is 1. The minimum Gasteiger partial charge on any atom is -0.479 e. The van der Waals surface area contributed by atoms with E-state index in [0.29, 0.717) is 30.4 Å². The lowest BCUT2D eigenvalue weighted by atomic mass is 9.87. The molecule has 162 valence electrons. The molecule has 11 heteroatoms. The number of ether oxygens (including phenoxy) is 1. The molecule has 0 bridgehead atoms. The van der Waals surface area contributed by atoms with Gasteiger partial charge >= 0.3 is 5.97 Å². The van der Waals surface area contributed by atoms with Gasteiger partial charge in [-0.3, -0.25) is 5.32 Å². The first-order valence-electron chi connectivity index (χ1n) is 8.86. The fraction of sp³-hybridized carbons (Fsp3) is 0.316. The highest BCUT2D eigenvalue weighted by atomic mass is 35.5. The molecule has 0 aliphatic heterocycles. The zero-order valence-corrected chi connectivity index (χ0v) is 18.5. The summed E-state index contributed by atoms with van der Waals surface area (Å²) < 4.78 is 45.1. The molecular formula is C19H17Cl3FNO5S. The molecule has 0 heterocycles. The van der Waals surface area contributed by atoms with Gasteiger partial charge in [0.25, 0.3) is 0 Å². The van der Waals surface area contributed by atoms with Gasteiger partial charge in [-0.1, -0.05) is 34.8 Å². The second-order valence-electron chi connectivity index (χ2n) is 6.73. The van der Waals surface area contributed by atoms with Crippen molar-refractivity contribution in [3.05, 3.63) is 56.3 Å². The zero-order valence-electron chi connectivity index (χ0n) is 15.4. The highest BCUT2D eigenvalue weighted by Gasteiger charge is 2.29. The zero-order chi connectivity index (χ0) is 22.1. The number of aliphatic carboxylic acids is 1. The van der Waals surface area contributed by atoms with Crippen molar-refractivity contribution in [2.24, 2.45) is 0 Å². The van der Waals surface area contributed by atoms with Crippen LogP contribution in [0.15, 0.2) is 29.2 Å². The number of nitrogens with one attached hydrogen (secondary N) is 1. The SMILES string of the molecule is O=C(O)COc1c(F)c(Cl)cc2c1CCCC2NCS(=O)(=O)c1cc(Cl)ccc1Cl. The van der Waals surface area contributed by atoms with E-state index in [1.165, 1.54) is 24.3 Å². The van der Waals surface area contributed by atoms with Crippen LogP contribution in [-0.2, 0) is 21.1 Å². The lowest BCUT2D eigenvalue weighted by molar-refractivity contribution is -0.139. The Morgan fingerprint density at radius 1 is 1.23 bits per heavy atom. The Kier molecular flexibility index (Phi) is 7.14. The van der Waals surface area contributed by atoms with Gasteiger partial charge in [0.15, 0.2) is 28.0 Å². The molecule has 1 atom stereocenters. The fourth-order valence-electron chi connectivity index (χ4n) is 3.37. The van der Waals surface area contributed by atoms with Crippen molar-refractivity contribution in [2.45, 2.75) is 30.2 Å². The maximum absolute atomic E-state index is 14.5. The normalized spacial score (nSPS) is 16.2. The van der Waals surface area contributed by atoms with E-state index in [2.05, 4.69) is 5.32 Å². The molecule has 1 aliphatic carbocycles. The second-order valence-corrected chi connectivity index (χ2v) is 9.94. The number of halogens is 4. The van der Waals surface area contributed by atoms with E-state index in [1.54, 1.807) is 0 Å². The number of sulfone groups is 1. The fourth-order valence-corrected chi connectivity index (χ4v) is 5.52. The van der Waals surface area contributed by atoms with Gasteiger partial charge < -0.3 is 9.84 Å². The molecule has 0 amide bonds. The molecule has 1 aliphatic rings. The molecule has 3 rings (SSSR count). The van der Waals surface area contributed by atoms with E-state index in [4.69, 9.17) is 44.6 Å². The largest absolute Gasteiger partial charge is 0.479 e. The monoisotopic (exact) mass is 495 g/mol. The molecule has 30 heavy (non-hydrogen) atoms. The van der Waals surface area contributed by atoms with Crippen molar-refractivity contribution < 1.29 is 27.4 Å². The molecule has 0 saturated carbocycles. The van der Waals surface area contributed by atoms with Gasteiger partial charge in [0.05, 0.1) is 14.9 Å². The van der Waals surface area contributed by atoms with E-state index >= 15 is 0 Å². The van der Waals surface area contributed by atoms with Crippen LogP contribution < -0.4 is 10.1 Å². The van der Waals surface area contributed by atoms with Gasteiger partial charge in [-0.05, 0) is 49.1 Å². The molecule has 2 N–H and O–H groups in total. The van der Waals surface area contributed by atoms with Gasteiger partial charge in [-0.15, -0.1) is 0 Å². The molecule has 1 unspecified atom stereocenters.